The van der Waals surface area contributed by atoms with E-state index in [1.807, 2.05) is 67.7 Å². The van der Waals surface area contributed by atoms with Gasteiger partial charge in [-0.25, -0.2) is 9.59 Å². The molecule has 13 nitrogen and oxygen atoms in total. The quantitative estimate of drug-likeness (QED) is 0.0647. The average Bonchev–Trinajstić information content (AvgIpc) is 3.43. The number of nitrogens with one attached hydrogen (secondary N) is 1. The number of alkyl carbamates (subject to hydrolysis) is 1. The lowest BCUT2D eigenvalue weighted by Gasteiger charge is -2.43. The zero-order valence-corrected chi connectivity index (χ0v) is 30.5. The second-order valence-corrected chi connectivity index (χ2v) is 19.0. The maximum Gasteiger partial charge on any atom is 0.407 e. The van der Waals surface area contributed by atoms with Crippen LogP contribution in [0.5, 0.6) is 0 Å². The van der Waals surface area contributed by atoms with Crippen LogP contribution in [0.2, 0.25) is 18.1 Å². The number of nitrogens with zero attached hydrogens (tertiary/aromatic N) is 3. The molecule has 1 amide bonds. The van der Waals surface area contributed by atoms with Gasteiger partial charge < -0.3 is 38.9 Å². The molecule has 6 atom stereocenters. The van der Waals surface area contributed by atoms with Crippen molar-refractivity contribution in [3.05, 3.63) is 106 Å². The van der Waals surface area contributed by atoms with Crippen molar-refractivity contribution in [1.29, 1.82) is 0 Å². The first-order valence-corrected chi connectivity index (χ1v) is 19.8. The lowest BCUT2D eigenvalue weighted by molar-refractivity contribution is -0.265. The van der Waals surface area contributed by atoms with E-state index in [0.29, 0.717) is 0 Å². The molecule has 272 valence electrons. The molecule has 2 aliphatic rings. The summed E-state index contributed by atoms with van der Waals surface area (Å²) in [4.78, 5) is 29.5. The Hall–Kier alpha value is -4.27. The van der Waals surface area contributed by atoms with Crippen molar-refractivity contribution in [3.63, 3.8) is 0 Å². The summed E-state index contributed by atoms with van der Waals surface area (Å²) in [7, 11) is -2.28. The number of azide groups is 1. The highest BCUT2D eigenvalue weighted by Crippen LogP contribution is 2.44. The molecule has 51 heavy (non-hydrogen) atoms. The monoisotopic (exact) mass is 718 g/mol. The summed E-state index contributed by atoms with van der Waals surface area (Å²) in [5, 5.41) is 27.8. The number of hydrogen-bond donors (Lipinski definition) is 3. The zero-order chi connectivity index (χ0) is 36.8. The van der Waals surface area contributed by atoms with Crippen molar-refractivity contribution in [2.75, 3.05) is 19.8 Å². The molecular formula is C37H46N4O9Si. The number of benzene rings is 3. The lowest BCUT2D eigenvalue weighted by atomic mass is 9.98. The number of ether oxygens (including phenoxy) is 4. The van der Waals surface area contributed by atoms with Gasteiger partial charge in [-0.1, -0.05) is 105 Å². The van der Waals surface area contributed by atoms with Gasteiger partial charge in [0.05, 0.1) is 19.3 Å². The van der Waals surface area contributed by atoms with Crippen LogP contribution in [0.3, 0.4) is 0 Å². The molecule has 1 saturated heterocycles. The zero-order valence-electron chi connectivity index (χ0n) is 29.5. The van der Waals surface area contributed by atoms with Gasteiger partial charge in [-0.15, -0.1) is 0 Å². The predicted octanol–water partition coefficient (Wildman–Crippen LogP) is 5.80. The third-order valence-corrected chi connectivity index (χ3v) is 14.3. The highest BCUT2D eigenvalue weighted by Gasteiger charge is 2.47. The van der Waals surface area contributed by atoms with E-state index in [-0.39, 0.29) is 30.8 Å². The molecule has 1 aliphatic carbocycles. The Kier molecular flexibility index (Phi) is 12.2. The Labute approximate surface area is 298 Å². The van der Waals surface area contributed by atoms with E-state index in [2.05, 4.69) is 36.1 Å². The van der Waals surface area contributed by atoms with Crippen LogP contribution in [0.4, 0.5) is 4.79 Å². The maximum absolute atomic E-state index is 13.4. The van der Waals surface area contributed by atoms with Gasteiger partial charge in [0.15, 0.2) is 20.6 Å². The Morgan fingerprint density at radius 1 is 0.922 bits per heavy atom. The summed E-state index contributed by atoms with van der Waals surface area (Å²) < 4.78 is 29.4. The molecule has 3 N–H and O–H groups in total. The predicted molar refractivity (Wildman–Crippen MR) is 191 cm³/mol. The molecule has 14 heteroatoms. The SMILES string of the molecule is CC(C)(C)[Si](C)(C)OC[C@H]1O[C@H](OC[C@H](NC(=O)OCC2c3ccccc3-c3ccccc32)C(=O)OCc2ccccc2)[C@H](N=[N+]=[N-])[C@@H](O)[C@H]1O. The first-order chi connectivity index (χ1) is 24.3. The summed E-state index contributed by atoms with van der Waals surface area (Å²) in [6.07, 6.45) is -6.33. The number of hydrogen-bond acceptors (Lipinski definition) is 10. The van der Waals surface area contributed by atoms with Crippen LogP contribution < -0.4 is 5.32 Å². The fourth-order valence-corrected chi connectivity index (χ4v) is 6.87. The van der Waals surface area contributed by atoms with Gasteiger partial charge in [-0.05, 0) is 51.5 Å². The van der Waals surface area contributed by atoms with Crippen molar-refractivity contribution >= 4 is 20.4 Å². The molecule has 1 fully saturated rings. The second kappa shape index (κ2) is 16.4. The standard InChI is InChI=1S/C37H46N4O9Si/c1-37(2,3)51(4,5)49-22-30-32(42)33(43)31(40-41-38)35(50-30)47-21-29(34(44)46-19-23-13-7-6-8-14-23)39-36(45)48-20-28-26-17-11-9-15-24(26)25-16-10-12-18-27(25)28/h6-18,28-33,35,42-43H,19-22H2,1-5H3,(H,39,45)/t29-,30+,31+,32-,33+,35-/m0/s1. The Morgan fingerprint density at radius 3 is 2.14 bits per heavy atom. The van der Waals surface area contributed by atoms with Crippen molar-refractivity contribution < 1.29 is 43.2 Å². The minimum atomic E-state index is -2.28. The number of esters is 1. The largest absolute Gasteiger partial charge is 0.459 e. The number of carbonyl (C=O) groups is 2. The summed E-state index contributed by atoms with van der Waals surface area (Å²) in [6, 6.07) is 22.1. The normalized spacial score (nSPS) is 22.2. The van der Waals surface area contributed by atoms with Crippen LogP contribution in [0.25, 0.3) is 21.6 Å². The average molecular weight is 719 g/mol. The van der Waals surface area contributed by atoms with E-state index in [9.17, 15) is 25.3 Å². The molecule has 0 radical (unpaired) electrons. The van der Waals surface area contributed by atoms with E-state index < -0.39 is 63.7 Å². The van der Waals surface area contributed by atoms with Crippen molar-refractivity contribution in [2.24, 2.45) is 5.11 Å². The summed E-state index contributed by atoms with van der Waals surface area (Å²) in [6.45, 7) is 9.66. The highest BCUT2D eigenvalue weighted by atomic mass is 28.4. The van der Waals surface area contributed by atoms with Crippen LogP contribution in [0.15, 0.2) is 84.0 Å². The Morgan fingerprint density at radius 2 is 1.53 bits per heavy atom. The number of fused-ring (bicyclic) bond motifs is 3. The summed E-state index contributed by atoms with van der Waals surface area (Å²) in [5.41, 5.74) is 14.2. The van der Waals surface area contributed by atoms with Crippen LogP contribution in [0.1, 0.15) is 43.4 Å². The van der Waals surface area contributed by atoms with Gasteiger partial charge in [0.25, 0.3) is 0 Å². The fourth-order valence-electron chi connectivity index (χ4n) is 5.85. The molecule has 3 aromatic rings. The molecule has 0 bridgehead atoms. The minimum Gasteiger partial charge on any atom is -0.459 e. The van der Waals surface area contributed by atoms with Gasteiger partial charge in [-0.3, -0.25) is 0 Å². The van der Waals surface area contributed by atoms with Crippen LogP contribution in [0, 0.1) is 0 Å². The molecule has 3 aromatic carbocycles. The molecule has 1 heterocycles. The van der Waals surface area contributed by atoms with E-state index in [1.165, 1.54) is 0 Å². The molecule has 1 aliphatic heterocycles. The van der Waals surface area contributed by atoms with E-state index in [0.717, 1.165) is 27.8 Å². The van der Waals surface area contributed by atoms with Gasteiger partial charge in [-0.2, -0.15) is 0 Å². The molecule has 0 saturated carbocycles. The van der Waals surface area contributed by atoms with Gasteiger partial charge in [0, 0.05) is 10.8 Å². The molecule has 0 spiro atoms. The van der Waals surface area contributed by atoms with Crippen molar-refractivity contribution in [1.82, 2.24) is 5.32 Å². The smallest absolute Gasteiger partial charge is 0.407 e. The Bertz CT molecular complexity index is 1670. The third kappa shape index (κ3) is 8.97. The topological polar surface area (TPSA) is 182 Å². The first kappa shape index (κ1) is 38.0. The summed E-state index contributed by atoms with van der Waals surface area (Å²) >= 11 is 0. The van der Waals surface area contributed by atoms with Gasteiger partial charge in [0.2, 0.25) is 0 Å². The van der Waals surface area contributed by atoms with Crippen LogP contribution >= 0.6 is 0 Å². The van der Waals surface area contributed by atoms with Gasteiger partial charge in [0.1, 0.15) is 31.5 Å². The molecule has 0 aromatic heterocycles. The molecular weight excluding hydrogens is 673 g/mol. The molecule has 5 rings (SSSR count). The number of rotatable bonds is 13. The van der Waals surface area contributed by atoms with Gasteiger partial charge >= 0.3 is 12.1 Å². The summed E-state index contributed by atoms with van der Waals surface area (Å²) in [5.74, 6) is -1.02. The highest BCUT2D eigenvalue weighted by molar-refractivity contribution is 6.74. The Balaban J connectivity index is 1.29. The minimum absolute atomic E-state index is 0.0111. The fraction of sp³-hybridized carbons (Fsp3) is 0.459. The van der Waals surface area contributed by atoms with E-state index in [4.69, 9.17) is 23.4 Å². The molecule has 0 unspecified atom stereocenters. The second-order valence-electron chi connectivity index (χ2n) is 14.2. The van der Waals surface area contributed by atoms with Crippen molar-refractivity contribution in [2.45, 2.75) is 88.1 Å². The number of carbonyl (C=O) groups excluding carboxylic acids is 2. The first-order valence-electron chi connectivity index (χ1n) is 16.9. The van der Waals surface area contributed by atoms with E-state index in [1.54, 1.807) is 24.3 Å². The van der Waals surface area contributed by atoms with E-state index >= 15 is 0 Å². The maximum atomic E-state index is 13.4. The van der Waals surface area contributed by atoms with Crippen LogP contribution in [-0.2, 0) is 34.8 Å². The number of aliphatic hydroxyl groups is 2. The van der Waals surface area contributed by atoms with Crippen molar-refractivity contribution in [3.8, 4) is 11.1 Å². The number of amides is 1. The number of aliphatic hydroxyl groups excluding tert-OH is 2. The lowest BCUT2D eigenvalue weighted by Crippen LogP contribution is -2.60. The third-order valence-electron chi connectivity index (χ3n) is 9.84. The van der Waals surface area contributed by atoms with Crippen LogP contribution in [-0.4, -0.2) is 87.1 Å².